The lowest BCUT2D eigenvalue weighted by molar-refractivity contribution is -0.144. The monoisotopic (exact) mass is 395 g/mol. The highest BCUT2D eigenvalue weighted by Crippen LogP contribution is 2.28. The van der Waals surface area contributed by atoms with Crippen LogP contribution in [0.4, 0.5) is 0 Å². The van der Waals surface area contributed by atoms with E-state index in [0.29, 0.717) is 35.4 Å². The summed E-state index contributed by atoms with van der Waals surface area (Å²) in [5.74, 6) is -0.444. The molecule has 2 aromatic heterocycles. The summed E-state index contributed by atoms with van der Waals surface area (Å²) in [6.07, 6.45) is 0. The van der Waals surface area contributed by atoms with E-state index in [0.717, 1.165) is 11.3 Å². The van der Waals surface area contributed by atoms with E-state index < -0.39 is 12.0 Å². The Hall–Kier alpha value is -3.46. The standard InChI is InChI=1S/C20H21N5O4/c1-11-17-14(19(27)25-8-7-21-16(10-25)20(28)29-2)9-15(22-18(17)24-23-11)12-3-5-13(26)6-4-12/h3-6,9,16,21,26H,7-8,10H2,1-2H3,(H,22,23,24). The fraction of sp³-hybridized carbons (Fsp3) is 0.300. The quantitative estimate of drug-likeness (QED) is 0.570. The molecule has 0 saturated carbocycles. The number of hydrogen-bond acceptors (Lipinski definition) is 7. The Balaban J connectivity index is 1.75. The Labute approximate surface area is 166 Å². The molecule has 1 aromatic carbocycles. The number of benzene rings is 1. The lowest BCUT2D eigenvalue weighted by atomic mass is 10.0. The molecule has 9 heteroatoms. The van der Waals surface area contributed by atoms with Crippen LogP contribution in [0.1, 0.15) is 16.1 Å². The van der Waals surface area contributed by atoms with Crippen LogP contribution < -0.4 is 5.32 Å². The number of carbonyl (C=O) groups excluding carboxylic acids is 2. The van der Waals surface area contributed by atoms with Crippen LogP contribution in [0.2, 0.25) is 0 Å². The lowest BCUT2D eigenvalue weighted by Crippen LogP contribution is -2.56. The number of nitrogens with one attached hydrogen (secondary N) is 2. The van der Waals surface area contributed by atoms with Crippen LogP contribution in [-0.2, 0) is 9.53 Å². The summed E-state index contributed by atoms with van der Waals surface area (Å²) in [7, 11) is 1.33. The number of aromatic nitrogens is 3. The molecule has 1 amide bonds. The zero-order chi connectivity index (χ0) is 20.5. The van der Waals surface area contributed by atoms with Gasteiger partial charge in [-0.15, -0.1) is 0 Å². The molecule has 29 heavy (non-hydrogen) atoms. The first-order chi connectivity index (χ1) is 14.0. The normalized spacial score (nSPS) is 16.8. The summed E-state index contributed by atoms with van der Waals surface area (Å²) in [5.41, 5.74) is 2.98. The van der Waals surface area contributed by atoms with Gasteiger partial charge in [-0.05, 0) is 37.3 Å². The third-order valence-electron chi connectivity index (χ3n) is 5.05. The van der Waals surface area contributed by atoms with Gasteiger partial charge in [0.15, 0.2) is 5.65 Å². The second-order valence-corrected chi connectivity index (χ2v) is 6.93. The van der Waals surface area contributed by atoms with Crippen LogP contribution in [0.5, 0.6) is 5.75 Å². The molecular formula is C20H21N5O4. The number of phenolic OH excluding ortho intramolecular Hbond substituents is 1. The Bertz CT molecular complexity index is 1080. The number of hydrogen-bond donors (Lipinski definition) is 3. The first kappa shape index (κ1) is 18.9. The first-order valence-corrected chi connectivity index (χ1v) is 9.23. The molecule has 9 nitrogen and oxygen atoms in total. The molecule has 3 N–H and O–H groups in total. The second-order valence-electron chi connectivity index (χ2n) is 6.93. The van der Waals surface area contributed by atoms with Gasteiger partial charge in [-0.1, -0.05) is 0 Å². The largest absolute Gasteiger partial charge is 0.508 e. The van der Waals surface area contributed by atoms with E-state index in [-0.39, 0.29) is 18.2 Å². The zero-order valence-corrected chi connectivity index (χ0v) is 16.1. The van der Waals surface area contributed by atoms with Crippen molar-refractivity contribution in [3.63, 3.8) is 0 Å². The molecule has 1 aliphatic heterocycles. The predicted octanol–water partition coefficient (Wildman–Crippen LogP) is 1.23. The Morgan fingerprint density at radius 2 is 2.03 bits per heavy atom. The first-order valence-electron chi connectivity index (χ1n) is 9.23. The molecule has 0 radical (unpaired) electrons. The van der Waals surface area contributed by atoms with E-state index in [2.05, 4.69) is 20.5 Å². The van der Waals surface area contributed by atoms with Gasteiger partial charge in [0.2, 0.25) is 0 Å². The smallest absolute Gasteiger partial charge is 0.324 e. The number of methoxy groups -OCH3 is 1. The van der Waals surface area contributed by atoms with E-state index in [1.807, 2.05) is 6.92 Å². The fourth-order valence-electron chi connectivity index (χ4n) is 3.53. The van der Waals surface area contributed by atoms with Crippen molar-refractivity contribution in [2.75, 3.05) is 26.7 Å². The van der Waals surface area contributed by atoms with E-state index in [1.165, 1.54) is 7.11 Å². The molecule has 0 bridgehead atoms. The summed E-state index contributed by atoms with van der Waals surface area (Å²) in [5, 5.41) is 20.4. The van der Waals surface area contributed by atoms with E-state index >= 15 is 0 Å². The van der Waals surface area contributed by atoms with Crippen LogP contribution in [0.3, 0.4) is 0 Å². The van der Waals surface area contributed by atoms with E-state index in [9.17, 15) is 14.7 Å². The van der Waals surface area contributed by atoms with Crippen molar-refractivity contribution in [3.05, 3.63) is 41.6 Å². The van der Waals surface area contributed by atoms with Crippen molar-refractivity contribution in [2.24, 2.45) is 0 Å². The van der Waals surface area contributed by atoms with Crippen LogP contribution >= 0.6 is 0 Å². The maximum Gasteiger partial charge on any atom is 0.324 e. The number of amides is 1. The predicted molar refractivity (Wildman–Crippen MR) is 105 cm³/mol. The topological polar surface area (TPSA) is 120 Å². The summed E-state index contributed by atoms with van der Waals surface area (Å²) in [6, 6.07) is 7.77. The number of H-pyrrole nitrogens is 1. The van der Waals surface area contributed by atoms with Gasteiger partial charge in [-0.2, -0.15) is 5.10 Å². The summed E-state index contributed by atoms with van der Waals surface area (Å²) >= 11 is 0. The molecule has 150 valence electrons. The summed E-state index contributed by atoms with van der Waals surface area (Å²) in [6.45, 7) is 3.03. The Morgan fingerprint density at radius 3 is 2.76 bits per heavy atom. The number of aryl methyl sites for hydroxylation is 1. The second kappa shape index (κ2) is 7.51. The number of nitrogens with zero attached hydrogens (tertiary/aromatic N) is 3. The molecule has 1 unspecified atom stereocenters. The van der Waals surface area contributed by atoms with Crippen molar-refractivity contribution in [1.29, 1.82) is 0 Å². The van der Waals surface area contributed by atoms with Crippen LogP contribution in [0, 0.1) is 6.92 Å². The van der Waals surface area contributed by atoms with Gasteiger partial charge in [-0.3, -0.25) is 14.7 Å². The van der Waals surface area contributed by atoms with Crippen molar-refractivity contribution in [2.45, 2.75) is 13.0 Å². The molecular weight excluding hydrogens is 374 g/mol. The molecule has 3 aromatic rings. The number of phenols is 1. The molecule has 1 aliphatic rings. The molecule has 0 spiro atoms. The maximum atomic E-state index is 13.4. The van der Waals surface area contributed by atoms with Gasteiger partial charge in [0, 0.05) is 30.9 Å². The van der Waals surface area contributed by atoms with Crippen LogP contribution in [0.25, 0.3) is 22.3 Å². The van der Waals surface area contributed by atoms with Gasteiger partial charge in [0.05, 0.1) is 23.8 Å². The highest BCUT2D eigenvalue weighted by molar-refractivity contribution is 6.07. The minimum atomic E-state index is -0.558. The zero-order valence-electron chi connectivity index (χ0n) is 16.1. The SMILES string of the molecule is COC(=O)C1CN(C(=O)c2cc(-c3ccc(O)cc3)nc3n[nH]c(C)c23)CCN1. The van der Waals surface area contributed by atoms with Gasteiger partial charge in [-0.25, -0.2) is 4.98 Å². The van der Waals surface area contributed by atoms with Crippen molar-refractivity contribution >= 4 is 22.9 Å². The fourth-order valence-corrected chi connectivity index (χ4v) is 3.53. The average molecular weight is 395 g/mol. The Morgan fingerprint density at radius 1 is 1.28 bits per heavy atom. The number of fused-ring (bicyclic) bond motifs is 1. The number of pyridine rings is 1. The minimum Gasteiger partial charge on any atom is -0.508 e. The Kier molecular flexibility index (Phi) is 4.89. The molecule has 1 atom stereocenters. The van der Waals surface area contributed by atoms with E-state index in [4.69, 9.17) is 4.74 Å². The molecule has 3 heterocycles. The van der Waals surface area contributed by atoms with Crippen molar-refractivity contribution < 1.29 is 19.4 Å². The number of rotatable bonds is 3. The molecule has 1 saturated heterocycles. The summed E-state index contributed by atoms with van der Waals surface area (Å²) < 4.78 is 4.80. The number of aromatic amines is 1. The number of esters is 1. The molecule has 0 aliphatic carbocycles. The minimum absolute atomic E-state index is 0.149. The number of carbonyl (C=O) groups is 2. The molecule has 4 rings (SSSR count). The number of piperazine rings is 1. The number of ether oxygens (including phenoxy) is 1. The third kappa shape index (κ3) is 3.52. The van der Waals surface area contributed by atoms with E-state index in [1.54, 1.807) is 35.2 Å². The maximum absolute atomic E-state index is 13.4. The molecule has 1 fully saturated rings. The highest BCUT2D eigenvalue weighted by Gasteiger charge is 2.30. The van der Waals surface area contributed by atoms with Gasteiger partial charge < -0.3 is 20.1 Å². The average Bonchev–Trinajstić information content (AvgIpc) is 3.13. The van der Waals surface area contributed by atoms with Crippen LogP contribution in [0.15, 0.2) is 30.3 Å². The van der Waals surface area contributed by atoms with Gasteiger partial charge >= 0.3 is 5.97 Å². The van der Waals surface area contributed by atoms with Gasteiger partial charge in [0.25, 0.3) is 5.91 Å². The lowest BCUT2D eigenvalue weighted by Gasteiger charge is -2.32. The van der Waals surface area contributed by atoms with Crippen molar-refractivity contribution in [1.82, 2.24) is 25.4 Å². The number of aromatic hydroxyl groups is 1. The van der Waals surface area contributed by atoms with Crippen LogP contribution in [-0.4, -0.2) is 69.9 Å². The summed E-state index contributed by atoms with van der Waals surface area (Å²) in [4.78, 5) is 31.5. The van der Waals surface area contributed by atoms with Crippen molar-refractivity contribution in [3.8, 4) is 17.0 Å². The van der Waals surface area contributed by atoms with Gasteiger partial charge in [0.1, 0.15) is 11.8 Å². The third-order valence-corrected chi connectivity index (χ3v) is 5.05. The highest BCUT2D eigenvalue weighted by atomic mass is 16.5.